The Balaban J connectivity index is 2.04. The molecule has 0 saturated heterocycles. The normalized spacial score (nSPS) is 24.0. The van der Waals surface area contributed by atoms with Crippen molar-refractivity contribution in [3.05, 3.63) is 47.8 Å². The molecule has 9 heteroatoms. The standard InChI is InChI=1S/C17H20ClF2N3O2S/c1-17(10-6-5-9-14(17)18)15-11-13(16(19)20)21-23(15)22-26(24,25)12-7-3-2-4-8-12/h2-4,7-8,11,14,16,22H,5-6,9-10H2,1H3. The molecule has 142 valence electrons. The van der Waals surface area contributed by atoms with E-state index in [0.717, 1.165) is 24.1 Å². The largest absolute Gasteiger partial charge is 0.282 e. The number of rotatable bonds is 5. The lowest BCUT2D eigenvalue weighted by Crippen LogP contribution is -2.40. The summed E-state index contributed by atoms with van der Waals surface area (Å²) in [6.45, 7) is 1.86. The van der Waals surface area contributed by atoms with E-state index < -0.39 is 27.6 Å². The predicted molar refractivity (Wildman–Crippen MR) is 95.6 cm³/mol. The smallest absolute Gasteiger partial charge is 0.203 e. The Morgan fingerprint density at radius 3 is 2.62 bits per heavy atom. The first kappa shape index (κ1) is 19.1. The van der Waals surface area contributed by atoms with E-state index in [1.807, 2.05) is 6.92 Å². The van der Waals surface area contributed by atoms with Gasteiger partial charge >= 0.3 is 0 Å². The van der Waals surface area contributed by atoms with Crippen LogP contribution in [-0.4, -0.2) is 23.7 Å². The third kappa shape index (κ3) is 3.57. The first-order chi connectivity index (χ1) is 12.2. The Bertz CT molecular complexity index is 873. The lowest BCUT2D eigenvalue weighted by atomic mass is 9.73. The van der Waals surface area contributed by atoms with Crippen molar-refractivity contribution in [3.8, 4) is 0 Å². The molecule has 1 fully saturated rings. The maximum absolute atomic E-state index is 13.2. The minimum absolute atomic E-state index is 0.0243. The van der Waals surface area contributed by atoms with Gasteiger partial charge in [0.25, 0.3) is 16.4 Å². The van der Waals surface area contributed by atoms with E-state index in [1.54, 1.807) is 18.2 Å². The Morgan fingerprint density at radius 1 is 1.31 bits per heavy atom. The van der Waals surface area contributed by atoms with Crippen LogP contribution in [0.4, 0.5) is 8.78 Å². The number of benzene rings is 1. The highest BCUT2D eigenvalue weighted by Gasteiger charge is 2.41. The van der Waals surface area contributed by atoms with E-state index in [9.17, 15) is 17.2 Å². The number of hydrogen-bond acceptors (Lipinski definition) is 3. The second-order valence-corrected chi connectivity index (χ2v) is 8.89. The molecule has 1 aliphatic carbocycles. The summed E-state index contributed by atoms with van der Waals surface area (Å²) in [5.41, 5.74) is -0.780. The van der Waals surface area contributed by atoms with Gasteiger partial charge in [-0.1, -0.05) is 38.0 Å². The number of halogens is 3. The van der Waals surface area contributed by atoms with Crippen molar-refractivity contribution in [2.45, 2.75) is 54.7 Å². The summed E-state index contributed by atoms with van der Waals surface area (Å²) in [6, 6.07) is 8.95. The van der Waals surface area contributed by atoms with Crippen LogP contribution in [0.5, 0.6) is 0 Å². The zero-order chi connectivity index (χ0) is 18.9. The lowest BCUT2D eigenvalue weighted by Gasteiger charge is -2.38. The van der Waals surface area contributed by atoms with Crippen molar-refractivity contribution in [1.82, 2.24) is 9.89 Å². The fourth-order valence-electron chi connectivity index (χ4n) is 3.33. The topological polar surface area (TPSA) is 64.0 Å². The maximum atomic E-state index is 13.2. The SMILES string of the molecule is CC1(c2cc(C(F)F)nn2NS(=O)(=O)c2ccccc2)CCCCC1Cl. The molecular weight excluding hydrogens is 384 g/mol. The molecule has 1 aliphatic rings. The van der Waals surface area contributed by atoms with Crippen LogP contribution in [0.15, 0.2) is 41.3 Å². The molecule has 2 atom stereocenters. The average molecular weight is 404 g/mol. The van der Waals surface area contributed by atoms with Gasteiger partial charge in [0.05, 0.1) is 10.6 Å². The molecule has 0 aliphatic heterocycles. The molecule has 2 unspecified atom stereocenters. The van der Waals surface area contributed by atoms with Crippen LogP contribution in [-0.2, 0) is 15.4 Å². The second-order valence-electron chi connectivity index (χ2n) is 6.71. The van der Waals surface area contributed by atoms with Crippen molar-refractivity contribution in [1.29, 1.82) is 0 Å². The molecule has 0 spiro atoms. The molecule has 1 N–H and O–H groups in total. The fourth-order valence-corrected chi connectivity index (χ4v) is 4.69. The van der Waals surface area contributed by atoms with E-state index >= 15 is 0 Å². The fraction of sp³-hybridized carbons (Fsp3) is 0.471. The highest BCUT2D eigenvalue weighted by Crippen LogP contribution is 2.43. The molecule has 1 saturated carbocycles. The van der Waals surface area contributed by atoms with Gasteiger partial charge in [0, 0.05) is 10.8 Å². The van der Waals surface area contributed by atoms with Crippen LogP contribution in [0.25, 0.3) is 0 Å². The maximum Gasteiger partial charge on any atom is 0.282 e. The summed E-state index contributed by atoms with van der Waals surface area (Å²) >= 11 is 6.50. The van der Waals surface area contributed by atoms with E-state index in [-0.39, 0.29) is 10.3 Å². The highest BCUT2D eigenvalue weighted by atomic mass is 35.5. The van der Waals surface area contributed by atoms with Crippen LogP contribution in [0.1, 0.15) is 50.4 Å². The second kappa shape index (κ2) is 7.15. The minimum atomic E-state index is -3.97. The molecule has 5 nitrogen and oxygen atoms in total. The van der Waals surface area contributed by atoms with Crippen molar-refractivity contribution in [3.63, 3.8) is 0 Å². The van der Waals surface area contributed by atoms with Crippen molar-refractivity contribution in [2.75, 3.05) is 4.83 Å². The molecule has 3 rings (SSSR count). The van der Waals surface area contributed by atoms with E-state index in [2.05, 4.69) is 9.93 Å². The molecule has 1 heterocycles. The highest BCUT2D eigenvalue weighted by molar-refractivity contribution is 7.92. The van der Waals surface area contributed by atoms with Gasteiger partial charge in [-0.15, -0.1) is 11.6 Å². The van der Waals surface area contributed by atoms with Gasteiger partial charge in [-0.2, -0.15) is 23.1 Å². The van der Waals surface area contributed by atoms with Gasteiger partial charge in [-0.05, 0) is 31.0 Å². The van der Waals surface area contributed by atoms with Gasteiger partial charge in [0.15, 0.2) is 0 Å². The summed E-state index contributed by atoms with van der Waals surface area (Å²) in [5.74, 6) is 0. The Morgan fingerprint density at radius 2 is 2.00 bits per heavy atom. The number of alkyl halides is 3. The summed E-state index contributed by atoms with van der Waals surface area (Å²) < 4.78 is 51.7. The minimum Gasteiger partial charge on any atom is -0.203 e. The van der Waals surface area contributed by atoms with Gasteiger partial charge < -0.3 is 0 Å². The molecule has 0 amide bonds. The van der Waals surface area contributed by atoms with Crippen LogP contribution in [0, 0.1) is 0 Å². The van der Waals surface area contributed by atoms with Crippen LogP contribution in [0.2, 0.25) is 0 Å². The quantitative estimate of drug-likeness (QED) is 0.761. The lowest BCUT2D eigenvalue weighted by molar-refractivity contribution is 0.145. The predicted octanol–water partition coefficient (Wildman–Crippen LogP) is 4.19. The van der Waals surface area contributed by atoms with E-state index in [1.165, 1.54) is 18.2 Å². The number of aromatic nitrogens is 2. The van der Waals surface area contributed by atoms with Crippen LogP contribution >= 0.6 is 11.6 Å². The van der Waals surface area contributed by atoms with Gasteiger partial charge in [0.1, 0.15) is 5.69 Å². The third-order valence-electron chi connectivity index (χ3n) is 4.89. The Hall–Kier alpha value is -1.67. The zero-order valence-corrected chi connectivity index (χ0v) is 15.8. The number of nitrogens with one attached hydrogen (secondary N) is 1. The van der Waals surface area contributed by atoms with E-state index in [0.29, 0.717) is 12.1 Å². The third-order valence-corrected chi connectivity index (χ3v) is 6.90. The summed E-state index contributed by atoms with van der Waals surface area (Å²) in [7, 11) is -3.97. The number of nitrogens with zero attached hydrogens (tertiary/aromatic N) is 2. The van der Waals surface area contributed by atoms with Crippen molar-refractivity contribution in [2.24, 2.45) is 0 Å². The first-order valence-corrected chi connectivity index (χ1v) is 10.3. The summed E-state index contributed by atoms with van der Waals surface area (Å²) in [6.07, 6.45) is 0.439. The summed E-state index contributed by atoms with van der Waals surface area (Å²) in [4.78, 5) is 3.28. The van der Waals surface area contributed by atoms with E-state index in [4.69, 9.17) is 11.6 Å². The number of hydrogen-bond donors (Lipinski definition) is 1. The molecule has 26 heavy (non-hydrogen) atoms. The molecular formula is C17H20ClF2N3O2S. The average Bonchev–Trinajstić information content (AvgIpc) is 3.02. The molecule has 1 aromatic heterocycles. The molecule has 0 radical (unpaired) electrons. The van der Waals surface area contributed by atoms with Gasteiger partial charge in [-0.3, -0.25) is 0 Å². The molecule has 2 aromatic rings. The molecule has 0 bridgehead atoms. The zero-order valence-electron chi connectivity index (χ0n) is 14.2. The van der Waals surface area contributed by atoms with Crippen molar-refractivity contribution >= 4 is 21.6 Å². The molecule has 1 aromatic carbocycles. The Labute approximate surface area is 156 Å². The Kier molecular flexibility index (Phi) is 5.25. The van der Waals surface area contributed by atoms with Crippen LogP contribution in [0.3, 0.4) is 0 Å². The van der Waals surface area contributed by atoms with Gasteiger partial charge in [0.2, 0.25) is 0 Å². The summed E-state index contributed by atoms with van der Waals surface area (Å²) in [5, 5.41) is 3.50. The van der Waals surface area contributed by atoms with Crippen molar-refractivity contribution < 1.29 is 17.2 Å². The first-order valence-electron chi connectivity index (χ1n) is 8.34. The van der Waals surface area contributed by atoms with Crippen LogP contribution < -0.4 is 4.83 Å². The van der Waals surface area contributed by atoms with Gasteiger partial charge in [-0.25, -0.2) is 8.78 Å². The number of sulfonamides is 1. The monoisotopic (exact) mass is 403 g/mol.